The zero-order valence-electron chi connectivity index (χ0n) is 12.4. The van der Waals surface area contributed by atoms with Crippen LogP contribution in [0, 0.1) is 0 Å². The summed E-state index contributed by atoms with van der Waals surface area (Å²) in [6.07, 6.45) is 0. The third-order valence-electron chi connectivity index (χ3n) is 2.96. The van der Waals surface area contributed by atoms with Crippen LogP contribution in [0.5, 0.6) is 0 Å². The van der Waals surface area contributed by atoms with Crippen molar-refractivity contribution in [3.8, 4) is 0 Å². The maximum Gasteiger partial charge on any atom is 0.268 e. The number of nitrogen functional groups attached to an aromatic ring is 1. The smallest absolute Gasteiger partial charge is 0.268 e. The average molecular weight is 314 g/mol. The van der Waals surface area contributed by atoms with Gasteiger partial charge in [-0.1, -0.05) is 11.3 Å². The Kier molecular flexibility index (Phi) is 4.49. The minimum absolute atomic E-state index is 0.00904. The van der Waals surface area contributed by atoms with Crippen molar-refractivity contribution in [1.82, 2.24) is 9.88 Å². The molecule has 1 fully saturated rings. The Morgan fingerprint density at radius 3 is 2.80 bits per heavy atom. The lowest BCUT2D eigenvalue weighted by Crippen LogP contribution is -2.44. The summed E-state index contributed by atoms with van der Waals surface area (Å²) in [5.74, 6) is 2.31. The molecule has 20 heavy (non-hydrogen) atoms. The van der Waals surface area contributed by atoms with Gasteiger partial charge in [0.05, 0.1) is 0 Å². The molecular weight excluding hydrogens is 292 g/mol. The quantitative estimate of drug-likeness (QED) is 0.877. The first kappa shape index (κ1) is 15.4. The van der Waals surface area contributed by atoms with E-state index in [-0.39, 0.29) is 17.5 Å². The fourth-order valence-corrected chi connectivity index (χ4v) is 4.08. The monoisotopic (exact) mass is 314 g/mol. The van der Waals surface area contributed by atoms with Gasteiger partial charge in [-0.3, -0.25) is 4.79 Å². The Labute approximate surface area is 128 Å². The van der Waals surface area contributed by atoms with Crippen LogP contribution in [0.25, 0.3) is 0 Å². The highest BCUT2D eigenvalue weighted by Crippen LogP contribution is 2.30. The summed E-state index contributed by atoms with van der Waals surface area (Å²) in [5, 5.41) is 3.97. The molecule has 1 aliphatic heterocycles. The molecule has 112 valence electrons. The SMILES string of the molecule is CC1CSCCN1C(=O)c1sc(NC(C)(C)C)nc1N. The predicted octanol–water partition coefficient (Wildman–Crippen LogP) is 2.51. The Morgan fingerprint density at radius 2 is 2.20 bits per heavy atom. The molecule has 0 bridgehead atoms. The first-order valence-electron chi connectivity index (χ1n) is 6.71. The zero-order valence-corrected chi connectivity index (χ0v) is 14.0. The van der Waals surface area contributed by atoms with Gasteiger partial charge in [-0.05, 0) is 27.7 Å². The number of hydrogen-bond acceptors (Lipinski definition) is 6. The van der Waals surface area contributed by atoms with Crippen LogP contribution in [0.1, 0.15) is 37.4 Å². The summed E-state index contributed by atoms with van der Waals surface area (Å²) < 4.78 is 0. The topological polar surface area (TPSA) is 71.2 Å². The highest BCUT2D eigenvalue weighted by molar-refractivity contribution is 7.99. The van der Waals surface area contributed by atoms with Gasteiger partial charge in [0.25, 0.3) is 5.91 Å². The van der Waals surface area contributed by atoms with E-state index in [0.717, 1.165) is 18.1 Å². The maximum absolute atomic E-state index is 12.6. The number of nitrogens with zero attached hydrogens (tertiary/aromatic N) is 2. The molecule has 0 aromatic carbocycles. The summed E-state index contributed by atoms with van der Waals surface area (Å²) in [5.41, 5.74) is 5.82. The molecule has 1 aromatic rings. The van der Waals surface area contributed by atoms with Crippen LogP contribution >= 0.6 is 23.1 Å². The molecule has 7 heteroatoms. The largest absolute Gasteiger partial charge is 0.382 e. The summed E-state index contributed by atoms with van der Waals surface area (Å²) in [6.45, 7) is 9.02. The Bertz CT molecular complexity index is 495. The zero-order chi connectivity index (χ0) is 14.9. The van der Waals surface area contributed by atoms with Crippen LogP contribution in [0.2, 0.25) is 0 Å². The van der Waals surface area contributed by atoms with Crippen LogP contribution in [0.15, 0.2) is 0 Å². The Balaban J connectivity index is 2.17. The summed E-state index contributed by atoms with van der Waals surface area (Å²) in [7, 11) is 0. The molecule has 5 nitrogen and oxygen atoms in total. The second kappa shape index (κ2) is 5.81. The highest BCUT2D eigenvalue weighted by atomic mass is 32.2. The standard InChI is InChI=1S/C13H22N4OS2/c1-8-7-19-6-5-17(8)11(18)9-10(14)15-12(20-9)16-13(2,3)4/h8H,5-7,14H2,1-4H3,(H,15,16). The van der Waals surface area contributed by atoms with Crippen molar-refractivity contribution < 1.29 is 4.79 Å². The first-order valence-corrected chi connectivity index (χ1v) is 8.68. The lowest BCUT2D eigenvalue weighted by molar-refractivity contribution is 0.0722. The molecule has 1 atom stereocenters. The number of carbonyl (C=O) groups excluding carboxylic acids is 1. The van der Waals surface area contributed by atoms with Gasteiger partial charge >= 0.3 is 0 Å². The average Bonchev–Trinajstić information content (AvgIpc) is 2.67. The van der Waals surface area contributed by atoms with Gasteiger partial charge in [0.2, 0.25) is 0 Å². The second-order valence-corrected chi connectivity index (χ2v) is 8.18. The van der Waals surface area contributed by atoms with E-state index in [1.54, 1.807) is 0 Å². The molecule has 0 aliphatic carbocycles. The van der Waals surface area contributed by atoms with E-state index in [1.165, 1.54) is 11.3 Å². The molecule has 1 unspecified atom stereocenters. The Morgan fingerprint density at radius 1 is 1.50 bits per heavy atom. The normalized spacial score (nSPS) is 20.0. The third-order valence-corrected chi connectivity index (χ3v) is 5.12. The molecule has 2 rings (SSSR count). The van der Waals surface area contributed by atoms with E-state index in [0.29, 0.717) is 15.8 Å². The van der Waals surface area contributed by atoms with Gasteiger partial charge in [-0.25, -0.2) is 4.98 Å². The van der Waals surface area contributed by atoms with Crippen molar-refractivity contribution in [3.63, 3.8) is 0 Å². The number of aromatic nitrogens is 1. The van der Waals surface area contributed by atoms with Crippen LogP contribution in [0.3, 0.4) is 0 Å². The molecular formula is C13H22N4OS2. The minimum atomic E-state index is -0.0976. The number of amides is 1. The first-order chi connectivity index (χ1) is 9.28. The molecule has 0 radical (unpaired) electrons. The maximum atomic E-state index is 12.6. The van der Waals surface area contributed by atoms with Gasteiger partial charge in [0, 0.05) is 29.6 Å². The van der Waals surface area contributed by atoms with E-state index < -0.39 is 0 Å². The van der Waals surface area contributed by atoms with E-state index in [1.807, 2.05) is 16.7 Å². The fraction of sp³-hybridized carbons (Fsp3) is 0.692. The number of carbonyl (C=O) groups is 1. The lowest BCUT2D eigenvalue weighted by atomic mass is 10.1. The van der Waals surface area contributed by atoms with Crippen molar-refractivity contribution in [2.24, 2.45) is 0 Å². The van der Waals surface area contributed by atoms with E-state index in [9.17, 15) is 4.79 Å². The van der Waals surface area contributed by atoms with Crippen molar-refractivity contribution in [3.05, 3.63) is 4.88 Å². The number of nitrogens with two attached hydrogens (primary N) is 1. The van der Waals surface area contributed by atoms with Gasteiger partial charge in [0.1, 0.15) is 10.7 Å². The molecule has 0 saturated carbocycles. The molecule has 1 aliphatic rings. The summed E-state index contributed by atoms with van der Waals surface area (Å²) in [4.78, 5) is 19.3. The molecule has 2 heterocycles. The van der Waals surface area contributed by atoms with E-state index in [2.05, 4.69) is 38.0 Å². The van der Waals surface area contributed by atoms with Gasteiger partial charge < -0.3 is 16.0 Å². The molecule has 1 saturated heterocycles. The Hall–Kier alpha value is -0.950. The van der Waals surface area contributed by atoms with Gasteiger partial charge in [0.15, 0.2) is 5.13 Å². The van der Waals surface area contributed by atoms with Crippen molar-refractivity contribution in [1.29, 1.82) is 0 Å². The number of nitrogens with one attached hydrogen (secondary N) is 1. The molecule has 1 amide bonds. The minimum Gasteiger partial charge on any atom is -0.382 e. The third kappa shape index (κ3) is 3.58. The number of anilines is 2. The number of thiazole rings is 1. The second-order valence-electron chi connectivity index (χ2n) is 6.03. The van der Waals surface area contributed by atoms with Crippen molar-refractivity contribution in [2.45, 2.75) is 39.3 Å². The fourth-order valence-electron chi connectivity index (χ4n) is 2.02. The number of rotatable bonds is 2. The summed E-state index contributed by atoms with van der Waals surface area (Å²) in [6, 6.07) is 0.252. The van der Waals surface area contributed by atoms with Crippen molar-refractivity contribution in [2.75, 3.05) is 29.1 Å². The van der Waals surface area contributed by atoms with E-state index >= 15 is 0 Å². The van der Waals surface area contributed by atoms with Crippen LogP contribution in [0.4, 0.5) is 10.9 Å². The highest BCUT2D eigenvalue weighted by Gasteiger charge is 2.28. The van der Waals surface area contributed by atoms with Crippen LogP contribution in [-0.4, -0.2) is 45.4 Å². The predicted molar refractivity (Wildman–Crippen MR) is 87.7 cm³/mol. The van der Waals surface area contributed by atoms with Gasteiger partial charge in [-0.2, -0.15) is 11.8 Å². The van der Waals surface area contributed by atoms with Crippen molar-refractivity contribution >= 4 is 40.0 Å². The molecule has 3 N–H and O–H groups in total. The van der Waals surface area contributed by atoms with Crippen LogP contribution < -0.4 is 11.1 Å². The lowest BCUT2D eigenvalue weighted by Gasteiger charge is -2.32. The van der Waals surface area contributed by atoms with E-state index in [4.69, 9.17) is 5.73 Å². The van der Waals surface area contributed by atoms with Gasteiger partial charge in [-0.15, -0.1) is 0 Å². The number of hydrogen-bond donors (Lipinski definition) is 2. The number of thioether (sulfide) groups is 1. The summed E-state index contributed by atoms with van der Waals surface area (Å²) >= 11 is 3.23. The molecule has 0 spiro atoms. The molecule has 1 aromatic heterocycles. The van der Waals surface area contributed by atoms with Crippen LogP contribution in [-0.2, 0) is 0 Å².